The maximum Gasteiger partial charge on any atom is 0.236 e. The van der Waals surface area contributed by atoms with Gasteiger partial charge in [-0.05, 0) is 30.2 Å². The van der Waals surface area contributed by atoms with E-state index in [1.165, 1.54) is 0 Å². The molecule has 7 heteroatoms. The molecule has 3 aromatic rings. The zero-order chi connectivity index (χ0) is 19.5. The number of morpholine rings is 1. The molecule has 0 radical (unpaired) electrons. The molecule has 0 aliphatic carbocycles. The van der Waals surface area contributed by atoms with Gasteiger partial charge in [0.2, 0.25) is 17.6 Å². The van der Waals surface area contributed by atoms with E-state index in [1.807, 2.05) is 55.5 Å². The molecule has 0 spiro atoms. The molecule has 1 aliphatic heterocycles. The van der Waals surface area contributed by atoms with Crippen molar-refractivity contribution < 1.29 is 14.1 Å². The van der Waals surface area contributed by atoms with Gasteiger partial charge in [0, 0.05) is 17.1 Å². The lowest BCUT2D eigenvalue weighted by Crippen LogP contribution is -2.43. The van der Waals surface area contributed by atoms with Crippen LogP contribution in [0.4, 0.5) is 0 Å². The number of carbonyl (C=O) groups is 1. The summed E-state index contributed by atoms with van der Waals surface area (Å²) < 4.78 is 11.1. The predicted octanol–water partition coefficient (Wildman–Crippen LogP) is 3.84. The van der Waals surface area contributed by atoms with E-state index in [2.05, 4.69) is 10.1 Å². The van der Waals surface area contributed by atoms with Gasteiger partial charge >= 0.3 is 0 Å². The molecule has 1 unspecified atom stereocenters. The minimum absolute atomic E-state index is 0.0599. The average Bonchev–Trinajstić information content (AvgIpc) is 3.16. The average molecular weight is 398 g/mol. The van der Waals surface area contributed by atoms with Gasteiger partial charge in [0.1, 0.15) is 12.5 Å². The molecule has 1 aliphatic rings. The Morgan fingerprint density at radius 1 is 1.25 bits per heavy atom. The number of aromatic nitrogens is 2. The molecule has 0 saturated carbocycles. The number of halogens is 1. The zero-order valence-corrected chi connectivity index (χ0v) is 16.2. The molecule has 1 saturated heterocycles. The van der Waals surface area contributed by atoms with E-state index < -0.39 is 0 Å². The van der Waals surface area contributed by atoms with Crippen LogP contribution in [0.2, 0.25) is 5.02 Å². The third kappa shape index (κ3) is 4.08. The number of carbonyl (C=O) groups excluding carboxylic acids is 1. The summed E-state index contributed by atoms with van der Waals surface area (Å²) >= 11 is 6.07. The lowest BCUT2D eigenvalue weighted by molar-refractivity contribution is -0.138. The monoisotopic (exact) mass is 397 g/mol. The van der Waals surface area contributed by atoms with Crippen molar-refractivity contribution in [2.75, 3.05) is 19.7 Å². The van der Waals surface area contributed by atoms with Crippen molar-refractivity contribution in [3.63, 3.8) is 0 Å². The van der Waals surface area contributed by atoms with E-state index in [1.54, 1.807) is 4.90 Å². The van der Waals surface area contributed by atoms with Crippen LogP contribution in [0, 0.1) is 6.92 Å². The van der Waals surface area contributed by atoms with Crippen molar-refractivity contribution in [3.8, 4) is 11.4 Å². The van der Waals surface area contributed by atoms with Crippen molar-refractivity contribution in [2.45, 2.75) is 19.4 Å². The molecule has 1 amide bonds. The lowest BCUT2D eigenvalue weighted by Gasteiger charge is -2.33. The first-order valence-electron chi connectivity index (χ1n) is 9.13. The van der Waals surface area contributed by atoms with Crippen molar-refractivity contribution in [1.29, 1.82) is 0 Å². The Morgan fingerprint density at radius 2 is 2.11 bits per heavy atom. The van der Waals surface area contributed by atoms with Crippen LogP contribution in [0.5, 0.6) is 0 Å². The third-order valence-electron chi connectivity index (χ3n) is 4.80. The quantitative estimate of drug-likeness (QED) is 0.669. The van der Waals surface area contributed by atoms with Crippen molar-refractivity contribution in [2.24, 2.45) is 0 Å². The van der Waals surface area contributed by atoms with Crippen LogP contribution in [0.3, 0.4) is 0 Å². The number of rotatable bonds is 4. The first-order valence-corrected chi connectivity index (χ1v) is 9.51. The zero-order valence-electron chi connectivity index (χ0n) is 15.5. The fraction of sp³-hybridized carbons (Fsp3) is 0.286. The molecule has 144 valence electrons. The maximum atomic E-state index is 12.7. The summed E-state index contributed by atoms with van der Waals surface area (Å²) in [6.07, 6.45) is -0.122. The molecule has 2 aromatic carbocycles. The van der Waals surface area contributed by atoms with Crippen molar-refractivity contribution in [1.82, 2.24) is 15.0 Å². The van der Waals surface area contributed by atoms with Crippen LogP contribution in [-0.4, -0.2) is 40.6 Å². The van der Waals surface area contributed by atoms with Gasteiger partial charge in [-0.1, -0.05) is 53.2 Å². The minimum atomic E-state index is -0.193. The third-order valence-corrected chi connectivity index (χ3v) is 5.03. The molecule has 1 fully saturated rings. The first kappa shape index (κ1) is 18.7. The summed E-state index contributed by atoms with van der Waals surface area (Å²) in [5.41, 5.74) is 2.92. The Balaban J connectivity index is 1.43. The largest absolute Gasteiger partial charge is 0.370 e. The molecule has 2 heterocycles. The normalized spacial score (nSPS) is 16.9. The lowest BCUT2D eigenvalue weighted by atomic mass is 10.1. The van der Waals surface area contributed by atoms with Crippen molar-refractivity contribution >= 4 is 17.5 Å². The molecule has 1 aromatic heterocycles. The predicted molar refractivity (Wildman–Crippen MR) is 105 cm³/mol. The molecule has 0 bridgehead atoms. The van der Waals surface area contributed by atoms with E-state index in [9.17, 15) is 4.79 Å². The number of hydrogen-bond donors (Lipinski definition) is 0. The summed E-state index contributed by atoms with van der Waals surface area (Å²) in [6, 6.07) is 15.3. The highest BCUT2D eigenvalue weighted by molar-refractivity contribution is 6.30. The topological polar surface area (TPSA) is 68.5 Å². The number of aryl methyl sites for hydroxylation is 1. The summed E-state index contributed by atoms with van der Waals surface area (Å²) in [7, 11) is 0. The van der Waals surface area contributed by atoms with Gasteiger partial charge in [0.05, 0.1) is 13.2 Å². The van der Waals surface area contributed by atoms with Crippen LogP contribution in [0.15, 0.2) is 53.1 Å². The standard InChI is InChI=1S/C21H20ClN3O3/c1-14-5-2-3-8-17(14)21-23-19(28-24-21)12-20(26)25-9-10-27-18(13-25)15-6-4-7-16(22)11-15/h2-8,11,18H,9-10,12-13H2,1H3. The van der Waals surface area contributed by atoms with Gasteiger partial charge in [0.25, 0.3) is 0 Å². The fourth-order valence-corrected chi connectivity index (χ4v) is 3.48. The Labute approximate surface area is 168 Å². The molecule has 1 atom stereocenters. The van der Waals surface area contributed by atoms with Crippen LogP contribution >= 0.6 is 11.6 Å². The second kappa shape index (κ2) is 8.12. The Bertz CT molecular complexity index is 988. The van der Waals surface area contributed by atoms with Crippen LogP contribution in [0.1, 0.15) is 23.1 Å². The van der Waals surface area contributed by atoms with E-state index >= 15 is 0 Å². The molecule has 0 N–H and O–H groups in total. The van der Waals surface area contributed by atoms with Crippen LogP contribution in [-0.2, 0) is 16.0 Å². The van der Waals surface area contributed by atoms with E-state index in [4.69, 9.17) is 20.9 Å². The van der Waals surface area contributed by atoms with Gasteiger partial charge in [-0.25, -0.2) is 0 Å². The number of nitrogens with zero attached hydrogens (tertiary/aromatic N) is 3. The first-order chi connectivity index (χ1) is 13.6. The molecule has 4 rings (SSSR count). The minimum Gasteiger partial charge on any atom is -0.370 e. The van der Waals surface area contributed by atoms with Gasteiger partial charge in [-0.15, -0.1) is 0 Å². The number of ether oxygens (including phenoxy) is 1. The molecule has 6 nitrogen and oxygen atoms in total. The number of benzene rings is 2. The molecular formula is C21H20ClN3O3. The van der Waals surface area contributed by atoms with Gasteiger partial charge in [0.15, 0.2) is 0 Å². The highest BCUT2D eigenvalue weighted by Gasteiger charge is 2.27. The van der Waals surface area contributed by atoms with Crippen LogP contribution < -0.4 is 0 Å². The molecule has 28 heavy (non-hydrogen) atoms. The summed E-state index contributed by atoms with van der Waals surface area (Å²) in [5, 5.41) is 4.67. The molecular weight excluding hydrogens is 378 g/mol. The second-order valence-corrected chi connectivity index (χ2v) is 7.19. The number of amides is 1. The smallest absolute Gasteiger partial charge is 0.236 e. The summed E-state index contributed by atoms with van der Waals surface area (Å²) in [6.45, 7) is 3.47. The Morgan fingerprint density at radius 3 is 2.93 bits per heavy atom. The van der Waals surface area contributed by atoms with Gasteiger partial charge in [-0.3, -0.25) is 4.79 Å². The Kier molecular flexibility index (Phi) is 5.41. The van der Waals surface area contributed by atoms with Crippen LogP contribution in [0.25, 0.3) is 11.4 Å². The van der Waals surface area contributed by atoms with E-state index in [0.717, 1.165) is 16.7 Å². The summed E-state index contributed by atoms with van der Waals surface area (Å²) in [4.78, 5) is 18.9. The highest BCUT2D eigenvalue weighted by atomic mass is 35.5. The van der Waals surface area contributed by atoms with Gasteiger partial charge in [-0.2, -0.15) is 4.98 Å². The van der Waals surface area contributed by atoms with E-state index in [0.29, 0.717) is 36.4 Å². The fourth-order valence-electron chi connectivity index (χ4n) is 3.29. The summed E-state index contributed by atoms with van der Waals surface area (Å²) in [5.74, 6) is 0.754. The SMILES string of the molecule is Cc1ccccc1-c1noc(CC(=O)N2CCOC(c3cccc(Cl)c3)C2)n1. The van der Waals surface area contributed by atoms with Crippen molar-refractivity contribution in [3.05, 3.63) is 70.6 Å². The highest BCUT2D eigenvalue weighted by Crippen LogP contribution is 2.25. The number of hydrogen-bond acceptors (Lipinski definition) is 5. The Hall–Kier alpha value is -2.70. The van der Waals surface area contributed by atoms with E-state index in [-0.39, 0.29) is 18.4 Å². The maximum absolute atomic E-state index is 12.7. The van der Waals surface area contributed by atoms with Gasteiger partial charge < -0.3 is 14.2 Å². The second-order valence-electron chi connectivity index (χ2n) is 6.76.